The fraction of sp³-hybridized carbons (Fsp3) is 0.238. The van der Waals surface area contributed by atoms with Gasteiger partial charge in [0, 0.05) is 22.2 Å². The van der Waals surface area contributed by atoms with E-state index in [1.54, 1.807) is 57.3 Å². The standard InChI is InChI=1S/C21H19Cl3N2O3/c1-21(2,3)29-20(28)25-10-19(27)26-11-15(12-4-6-16(23)17(24)8-12)14-9-13(22)5-7-18(14)26/h4-9,11H,10H2,1-3H3,(H,25,28). The fourth-order valence-electron chi connectivity index (χ4n) is 2.85. The minimum Gasteiger partial charge on any atom is -0.444 e. The van der Waals surface area contributed by atoms with Crippen LogP contribution in [0.25, 0.3) is 22.0 Å². The van der Waals surface area contributed by atoms with Crippen molar-refractivity contribution in [2.24, 2.45) is 0 Å². The van der Waals surface area contributed by atoms with Gasteiger partial charge in [0.15, 0.2) is 0 Å². The first kappa shape index (κ1) is 21.5. The van der Waals surface area contributed by atoms with Gasteiger partial charge in [-0.15, -0.1) is 0 Å². The molecule has 0 radical (unpaired) electrons. The first-order valence-corrected chi connectivity index (χ1v) is 9.94. The van der Waals surface area contributed by atoms with Gasteiger partial charge in [0.05, 0.1) is 15.6 Å². The smallest absolute Gasteiger partial charge is 0.408 e. The predicted molar refractivity (Wildman–Crippen MR) is 117 cm³/mol. The molecule has 1 N–H and O–H groups in total. The van der Waals surface area contributed by atoms with Crippen molar-refractivity contribution in [1.82, 2.24) is 9.88 Å². The zero-order chi connectivity index (χ0) is 21.3. The number of fused-ring (bicyclic) bond motifs is 1. The normalized spacial score (nSPS) is 11.5. The number of aromatic nitrogens is 1. The minimum atomic E-state index is -0.657. The lowest BCUT2D eigenvalue weighted by atomic mass is 10.1. The highest BCUT2D eigenvalue weighted by molar-refractivity contribution is 6.42. The molecule has 0 fully saturated rings. The Hall–Kier alpha value is -2.21. The third kappa shape index (κ3) is 5.04. The first-order valence-electron chi connectivity index (χ1n) is 8.81. The lowest BCUT2D eigenvalue weighted by Gasteiger charge is -2.19. The van der Waals surface area contributed by atoms with Crippen LogP contribution in [0.3, 0.4) is 0 Å². The van der Waals surface area contributed by atoms with Crippen LogP contribution in [0.5, 0.6) is 0 Å². The number of nitrogens with one attached hydrogen (secondary N) is 1. The van der Waals surface area contributed by atoms with Gasteiger partial charge in [-0.2, -0.15) is 0 Å². The molecule has 0 unspecified atom stereocenters. The molecule has 8 heteroatoms. The molecule has 0 saturated heterocycles. The average molecular weight is 454 g/mol. The van der Waals surface area contributed by atoms with E-state index in [-0.39, 0.29) is 12.5 Å². The van der Waals surface area contributed by atoms with Crippen molar-refractivity contribution < 1.29 is 14.3 Å². The van der Waals surface area contributed by atoms with Gasteiger partial charge < -0.3 is 10.1 Å². The van der Waals surface area contributed by atoms with Crippen LogP contribution >= 0.6 is 34.8 Å². The van der Waals surface area contributed by atoms with Gasteiger partial charge >= 0.3 is 6.09 Å². The summed E-state index contributed by atoms with van der Waals surface area (Å²) in [6.07, 6.45) is 1.04. The van der Waals surface area contributed by atoms with Crippen molar-refractivity contribution in [1.29, 1.82) is 0 Å². The van der Waals surface area contributed by atoms with Gasteiger partial charge in [-0.05, 0) is 56.7 Å². The Labute approximate surface area is 183 Å². The van der Waals surface area contributed by atoms with E-state index in [1.165, 1.54) is 4.57 Å². The molecule has 1 amide bonds. The highest BCUT2D eigenvalue weighted by Gasteiger charge is 2.19. The first-order chi connectivity index (χ1) is 13.5. The second-order valence-electron chi connectivity index (χ2n) is 7.45. The summed E-state index contributed by atoms with van der Waals surface area (Å²) in [7, 11) is 0. The zero-order valence-electron chi connectivity index (χ0n) is 16.1. The molecule has 0 aliphatic rings. The summed E-state index contributed by atoms with van der Waals surface area (Å²) in [6, 6.07) is 10.5. The number of hydrogen-bond acceptors (Lipinski definition) is 3. The second-order valence-corrected chi connectivity index (χ2v) is 8.70. The molecular weight excluding hydrogens is 435 g/mol. The molecule has 5 nitrogen and oxygen atoms in total. The maximum Gasteiger partial charge on any atom is 0.408 e. The molecule has 0 bridgehead atoms. The lowest BCUT2D eigenvalue weighted by Crippen LogP contribution is -2.36. The molecule has 1 heterocycles. The van der Waals surface area contributed by atoms with Crippen LogP contribution in [0.4, 0.5) is 4.79 Å². The van der Waals surface area contributed by atoms with Crippen LogP contribution in [0.15, 0.2) is 42.6 Å². The maximum atomic E-state index is 12.8. The Kier molecular flexibility index (Phi) is 6.13. The number of ether oxygens (including phenoxy) is 1. The Morgan fingerprint density at radius 1 is 1.03 bits per heavy atom. The van der Waals surface area contributed by atoms with Crippen LogP contribution in [0.2, 0.25) is 15.1 Å². The molecule has 0 atom stereocenters. The van der Waals surface area contributed by atoms with Gasteiger partial charge in [-0.3, -0.25) is 9.36 Å². The summed E-state index contributed by atoms with van der Waals surface area (Å²) in [4.78, 5) is 24.7. The molecule has 0 aliphatic heterocycles. The van der Waals surface area contributed by atoms with Gasteiger partial charge in [0.1, 0.15) is 12.1 Å². The third-order valence-corrected chi connectivity index (χ3v) is 5.02. The summed E-state index contributed by atoms with van der Waals surface area (Å²) >= 11 is 18.4. The van der Waals surface area contributed by atoms with Gasteiger partial charge in [-0.1, -0.05) is 40.9 Å². The molecule has 1 aromatic heterocycles. The molecule has 3 aromatic rings. The molecule has 3 rings (SSSR count). The van der Waals surface area contributed by atoms with E-state index in [2.05, 4.69) is 5.32 Å². The van der Waals surface area contributed by atoms with E-state index < -0.39 is 11.7 Å². The van der Waals surface area contributed by atoms with Gasteiger partial charge in [0.25, 0.3) is 5.91 Å². The summed E-state index contributed by atoms with van der Waals surface area (Å²) in [5, 5.41) is 4.65. The molecule has 152 valence electrons. The number of carbonyl (C=O) groups excluding carboxylic acids is 2. The number of rotatable bonds is 3. The molecule has 2 aromatic carbocycles. The van der Waals surface area contributed by atoms with Crippen molar-refractivity contribution >= 4 is 57.7 Å². The zero-order valence-corrected chi connectivity index (χ0v) is 18.3. The van der Waals surface area contributed by atoms with Crippen molar-refractivity contribution in [2.75, 3.05) is 6.54 Å². The molecule has 29 heavy (non-hydrogen) atoms. The third-order valence-electron chi connectivity index (χ3n) is 4.05. The lowest BCUT2D eigenvalue weighted by molar-refractivity contribution is 0.0515. The average Bonchev–Trinajstić information content (AvgIpc) is 2.99. The SMILES string of the molecule is CC(C)(C)OC(=O)NCC(=O)n1cc(-c2ccc(Cl)c(Cl)c2)c2cc(Cl)ccc21. The number of alkyl carbamates (subject to hydrolysis) is 1. The number of benzene rings is 2. The van der Waals surface area contributed by atoms with Crippen LogP contribution in [0.1, 0.15) is 25.6 Å². The second kappa shape index (κ2) is 8.27. The molecular formula is C21H19Cl3N2O3. The van der Waals surface area contributed by atoms with Crippen LogP contribution in [-0.4, -0.2) is 28.7 Å². The predicted octanol–water partition coefficient (Wildman–Crippen LogP) is 6.43. The number of halogens is 3. The van der Waals surface area contributed by atoms with Crippen molar-refractivity contribution in [3.63, 3.8) is 0 Å². The Balaban J connectivity index is 1.95. The quantitative estimate of drug-likeness (QED) is 0.497. The Morgan fingerprint density at radius 3 is 2.41 bits per heavy atom. The minimum absolute atomic E-state index is 0.220. The van der Waals surface area contributed by atoms with Gasteiger partial charge in [0.2, 0.25) is 0 Å². The summed E-state index contributed by atoms with van der Waals surface area (Å²) in [6.45, 7) is 5.03. The molecule has 0 spiro atoms. The fourth-order valence-corrected chi connectivity index (χ4v) is 3.32. The van der Waals surface area contributed by atoms with Gasteiger partial charge in [-0.25, -0.2) is 4.79 Å². The number of carbonyl (C=O) groups is 2. The summed E-state index contributed by atoms with van der Waals surface area (Å²) in [5.41, 5.74) is 1.57. The highest BCUT2D eigenvalue weighted by atomic mass is 35.5. The van der Waals surface area contributed by atoms with E-state index in [1.807, 2.05) is 6.07 Å². The summed E-state index contributed by atoms with van der Waals surface area (Å²) in [5.74, 6) is -0.325. The number of nitrogens with zero attached hydrogens (tertiary/aromatic N) is 1. The Bertz CT molecular complexity index is 1100. The van der Waals surface area contributed by atoms with E-state index in [0.29, 0.717) is 20.6 Å². The number of amides is 1. The van der Waals surface area contributed by atoms with Crippen molar-refractivity contribution in [2.45, 2.75) is 26.4 Å². The summed E-state index contributed by atoms with van der Waals surface area (Å²) < 4.78 is 6.64. The van der Waals surface area contributed by atoms with E-state index in [0.717, 1.165) is 16.5 Å². The van der Waals surface area contributed by atoms with Crippen molar-refractivity contribution in [3.05, 3.63) is 57.7 Å². The Morgan fingerprint density at radius 2 is 1.76 bits per heavy atom. The van der Waals surface area contributed by atoms with E-state index in [4.69, 9.17) is 39.5 Å². The van der Waals surface area contributed by atoms with Crippen LogP contribution < -0.4 is 5.32 Å². The monoisotopic (exact) mass is 452 g/mol. The van der Waals surface area contributed by atoms with E-state index >= 15 is 0 Å². The van der Waals surface area contributed by atoms with Crippen LogP contribution in [-0.2, 0) is 4.74 Å². The van der Waals surface area contributed by atoms with E-state index in [9.17, 15) is 9.59 Å². The topological polar surface area (TPSA) is 60.3 Å². The highest BCUT2D eigenvalue weighted by Crippen LogP contribution is 2.35. The van der Waals surface area contributed by atoms with Crippen molar-refractivity contribution in [3.8, 4) is 11.1 Å². The largest absolute Gasteiger partial charge is 0.444 e. The maximum absolute atomic E-state index is 12.8. The van der Waals surface area contributed by atoms with Crippen LogP contribution in [0, 0.1) is 0 Å². The molecule has 0 saturated carbocycles. The molecule has 0 aliphatic carbocycles. The number of hydrogen-bond donors (Lipinski definition) is 1.